The Hall–Kier alpha value is -3.60. The highest BCUT2D eigenvalue weighted by Gasteiger charge is 2.52. The highest BCUT2D eigenvalue weighted by atomic mass is 16.7. The van der Waals surface area contributed by atoms with E-state index in [0.29, 0.717) is 0 Å². The lowest BCUT2D eigenvalue weighted by molar-refractivity contribution is 0.00578. The molecule has 176 valence electrons. The van der Waals surface area contributed by atoms with Crippen molar-refractivity contribution in [3.8, 4) is 11.1 Å². The highest BCUT2D eigenvalue weighted by molar-refractivity contribution is 6.65. The summed E-state index contributed by atoms with van der Waals surface area (Å²) in [4.78, 5) is 0. The minimum absolute atomic E-state index is 0.401. The Balaban J connectivity index is 1.47. The fraction of sp³-hybridized carbons (Fsp3) is 0.188. The first-order chi connectivity index (χ1) is 17.3. The van der Waals surface area contributed by atoms with Gasteiger partial charge in [-0.2, -0.15) is 0 Å². The van der Waals surface area contributed by atoms with Crippen LogP contribution in [0.5, 0.6) is 0 Å². The molecule has 1 saturated heterocycles. The van der Waals surface area contributed by atoms with Gasteiger partial charge in [0.1, 0.15) is 11.2 Å². The van der Waals surface area contributed by atoms with Crippen molar-refractivity contribution in [2.24, 2.45) is 0 Å². The van der Waals surface area contributed by atoms with Crippen LogP contribution in [0.3, 0.4) is 0 Å². The molecule has 2 heterocycles. The molecule has 1 fully saturated rings. The Morgan fingerprint density at radius 1 is 0.556 bits per heavy atom. The van der Waals surface area contributed by atoms with Gasteiger partial charge in [0.25, 0.3) is 0 Å². The van der Waals surface area contributed by atoms with Crippen molar-refractivity contribution in [1.29, 1.82) is 0 Å². The third kappa shape index (κ3) is 3.15. The van der Waals surface area contributed by atoms with E-state index in [0.717, 1.165) is 43.7 Å². The SMILES string of the molecule is CC1(C)OB(c2cc(-c3cccc4cc5oc6ccccc6c5cc34)cc3ccccc23)OC1(C)C. The summed E-state index contributed by atoms with van der Waals surface area (Å²) in [7, 11) is -0.431. The summed E-state index contributed by atoms with van der Waals surface area (Å²) in [6.45, 7) is 8.41. The number of hydrogen-bond donors (Lipinski definition) is 0. The third-order valence-corrected chi connectivity index (χ3v) is 8.09. The summed E-state index contributed by atoms with van der Waals surface area (Å²) in [6.07, 6.45) is 0. The largest absolute Gasteiger partial charge is 0.495 e. The van der Waals surface area contributed by atoms with Crippen LogP contribution in [0.1, 0.15) is 27.7 Å². The number of para-hydroxylation sites is 1. The van der Waals surface area contributed by atoms with Crippen LogP contribution in [0.25, 0.3) is 54.6 Å². The number of rotatable bonds is 2. The van der Waals surface area contributed by atoms with Crippen LogP contribution in [-0.4, -0.2) is 18.3 Å². The highest BCUT2D eigenvalue weighted by Crippen LogP contribution is 2.39. The first-order valence-electron chi connectivity index (χ1n) is 12.5. The minimum Gasteiger partial charge on any atom is -0.456 e. The molecule has 0 amide bonds. The van der Waals surface area contributed by atoms with Gasteiger partial charge in [0, 0.05) is 10.8 Å². The molecular weight excluding hydrogens is 443 g/mol. The Labute approximate surface area is 210 Å². The molecule has 4 heteroatoms. The Morgan fingerprint density at radius 2 is 1.22 bits per heavy atom. The summed E-state index contributed by atoms with van der Waals surface area (Å²) >= 11 is 0. The van der Waals surface area contributed by atoms with Gasteiger partial charge in [-0.15, -0.1) is 0 Å². The predicted octanol–water partition coefficient (Wildman–Crippen LogP) is 7.86. The Bertz CT molecular complexity index is 1800. The van der Waals surface area contributed by atoms with Crippen molar-refractivity contribution < 1.29 is 13.7 Å². The number of benzene rings is 5. The minimum atomic E-state index is -0.431. The summed E-state index contributed by atoms with van der Waals surface area (Å²) in [5, 5.41) is 6.96. The average molecular weight is 470 g/mol. The fourth-order valence-electron chi connectivity index (χ4n) is 5.41. The van der Waals surface area contributed by atoms with E-state index in [9.17, 15) is 0 Å². The van der Waals surface area contributed by atoms with Gasteiger partial charge in [0.2, 0.25) is 0 Å². The molecule has 0 atom stereocenters. The zero-order valence-electron chi connectivity index (χ0n) is 21.0. The van der Waals surface area contributed by atoms with E-state index >= 15 is 0 Å². The first-order valence-corrected chi connectivity index (χ1v) is 12.5. The quantitative estimate of drug-likeness (QED) is 0.242. The normalized spacial score (nSPS) is 17.1. The molecule has 0 N–H and O–H groups in total. The van der Waals surface area contributed by atoms with Crippen LogP contribution in [0, 0.1) is 0 Å². The molecule has 1 aliphatic rings. The lowest BCUT2D eigenvalue weighted by atomic mass is 9.74. The van der Waals surface area contributed by atoms with E-state index in [2.05, 4.69) is 107 Å². The van der Waals surface area contributed by atoms with Gasteiger partial charge < -0.3 is 13.7 Å². The zero-order chi connectivity index (χ0) is 24.7. The summed E-state index contributed by atoms with van der Waals surface area (Å²) in [6, 6.07) is 32.2. The molecular formula is C32H27BO3. The maximum absolute atomic E-state index is 6.50. The second-order valence-corrected chi connectivity index (χ2v) is 10.8. The van der Waals surface area contributed by atoms with Gasteiger partial charge in [-0.05, 0) is 90.1 Å². The zero-order valence-corrected chi connectivity index (χ0v) is 21.0. The predicted molar refractivity (Wildman–Crippen MR) is 150 cm³/mol. The lowest BCUT2D eigenvalue weighted by Gasteiger charge is -2.32. The van der Waals surface area contributed by atoms with Crippen molar-refractivity contribution in [2.45, 2.75) is 38.9 Å². The van der Waals surface area contributed by atoms with Crippen LogP contribution in [0.2, 0.25) is 0 Å². The molecule has 0 saturated carbocycles. The van der Waals surface area contributed by atoms with Gasteiger partial charge in [0.05, 0.1) is 11.2 Å². The Morgan fingerprint density at radius 3 is 2.03 bits per heavy atom. The van der Waals surface area contributed by atoms with Gasteiger partial charge in [0.15, 0.2) is 0 Å². The molecule has 1 aromatic heterocycles. The number of furan rings is 1. The monoisotopic (exact) mass is 470 g/mol. The molecule has 5 aromatic carbocycles. The number of hydrogen-bond acceptors (Lipinski definition) is 3. The maximum atomic E-state index is 6.50. The van der Waals surface area contributed by atoms with Crippen molar-refractivity contribution in [1.82, 2.24) is 0 Å². The van der Waals surface area contributed by atoms with Gasteiger partial charge in [-0.25, -0.2) is 0 Å². The average Bonchev–Trinajstić information content (AvgIpc) is 3.33. The Kier molecular flexibility index (Phi) is 4.49. The fourth-order valence-corrected chi connectivity index (χ4v) is 5.41. The molecule has 0 radical (unpaired) electrons. The van der Waals surface area contributed by atoms with Crippen LogP contribution >= 0.6 is 0 Å². The van der Waals surface area contributed by atoms with Gasteiger partial charge in [-0.3, -0.25) is 0 Å². The van der Waals surface area contributed by atoms with Crippen LogP contribution < -0.4 is 5.46 Å². The second kappa shape index (κ2) is 7.46. The van der Waals surface area contributed by atoms with Crippen LogP contribution in [0.15, 0.2) is 95.4 Å². The molecule has 6 aromatic rings. The van der Waals surface area contributed by atoms with Crippen molar-refractivity contribution >= 4 is 56.1 Å². The molecule has 0 spiro atoms. The van der Waals surface area contributed by atoms with Crippen LogP contribution in [-0.2, 0) is 9.31 Å². The molecule has 7 rings (SSSR count). The molecule has 0 bridgehead atoms. The standard InChI is InChI=1S/C32H27BO3/c1-31(2)32(3,4)36-33(35-31)28-17-22(16-20-10-5-6-12-24(20)28)23-14-9-11-21-18-30-27(19-26(21)23)25-13-7-8-15-29(25)34-30/h5-19H,1-4H3. The van der Waals surface area contributed by atoms with Crippen LogP contribution in [0.4, 0.5) is 0 Å². The van der Waals surface area contributed by atoms with E-state index in [1.165, 1.54) is 16.3 Å². The first kappa shape index (κ1) is 21.7. The van der Waals surface area contributed by atoms with Gasteiger partial charge >= 0.3 is 7.12 Å². The van der Waals surface area contributed by atoms with E-state index in [-0.39, 0.29) is 0 Å². The summed E-state index contributed by atoms with van der Waals surface area (Å²) in [5.41, 5.74) is 4.42. The van der Waals surface area contributed by atoms with E-state index < -0.39 is 18.3 Å². The van der Waals surface area contributed by atoms with E-state index in [4.69, 9.17) is 13.7 Å². The van der Waals surface area contributed by atoms with Crippen molar-refractivity contribution in [3.05, 3.63) is 91.0 Å². The molecule has 3 nitrogen and oxygen atoms in total. The molecule has 1 aliphatic heterocycles. The van der Waals surface area contributed by atoms with Gasteiger partial charge in [-0.1, -0.05) is 66.7 Å². The number of fused-ring (bicyclic) bond motifs is 5. The smallest absolute Gasteiger partial charge is 0.456 e. The summed E-state index contributed by atoms with van der Waals surface area (Å²) < 4.78 is 19.2. The lowest BCUT2D eigenvalue weighted by Crippen LogP contribution is -2.41. The van der Waals surface area contributed by atoms with Crippen molar-refractivity contribution in [2.75, 3.05) is 0 Å². The molecule has 0 aliphatic carbocycles. The van der Waals surface area contributed by atoms with Crippen molar-refractivity contribution in [3.63, 3.8) is 0 Å². The van der Waals surface area contributed by atoms with E-state index in [1.807, 2.05) is 12.1 Å². The molecule has 36 heavy (non-hydrogen) atoms. The maximum Gasteiger partial charge on any atom is 0.495 e. The topological polar surface area (TPSA) is 31.6 Å². The third-order valence-electron chi connectivity index (χ3n) is 8.09. The van der Waals surface area contributed by atoms with E-state index in [1.54, 1.807) is 0 Å². The molecule has 0 unspecified atom stereocenters. The second-order valence-electron chi connectivity index (χ2n) is 10.8. The summed E-state index contributed by atoms with van der Waals surface area (Å²) in [5.74, 6) is 0.